The van der Waals surface area contributed by atoms with Crippen LogP contribution in [0.5, 0.6) is 5.75 Å². The first-order valence-corrected chi connectivity index (χ1v) is 6.28. The lowest BCUT2D eigenvalue weighted by molar-refractivity contribution is 0.240. The van der Waals surface area contributed by atoms with Crippen LogP contribution in [0.2, 0.25) is 0 Å². The number of nitrogens with one attached hydrogen (secondary N) is 2. The van der Waals surface area contributed by atoms with Crippen molar-refractivity contribution < 1.29 is 18.7 Å². The number of halogens is 2. The molecule has 0 aliphatic carbocycles. The molecule has 2 rings (SSSR count). The van der Waals surface area contributed by atoms with Crippen molar-refractivity contribution in [2.45, 2.75) is 13.1 Å². The van der Waals surface area contributed by atoms with Crippen LogP contribution < -0.4 is 10.6 Å². The molecule has 0 saturated carbocycles. The second kappa shape index (κ2) is 6.69. The SMILES string of the molecule is O=C(NCc1cccc(O)c1)NCc1cc(F)ccc1F. The summed E-state index contributed by atoms with van der Waals surface area (Å²) in [6.45, 7) is 0.0985. The van der Waals surface area contributed by atoms with Crippen LogP contribution in [0.3, 0.4) is 0 Å². The minimum atomic E-state index is -0.579. The molecule has 2 aromatic carbocycles. The standard InChI is InChI=1S/C15H14F2N2O2/c16-12-4-5-14(17)11(7-12)9-19-15(21)18-8-10-2-1-3-13(20)6-10/h1-7,20H,8-9H2,(H2,18,19,21). The molecule has 6 heteroatoms. The monoisotopic (exact) mass is 292 g/mol. The summed E-state index contributed by atoms with van der Waals surface area (Å²) in [5.41, 5.74) is 0.796. The van der Waals surface area contributed by atoms with Crippen LogP contribution in [0, 0.1) is 11.6 Å². The molecule has 0 radical (unpaired) electrons. The fraction of sp³-hybridized carbons (Fsp3) is 0.133. The Kier molecular flexibility index (Phi) is 4.71. The first-order chi connectivity index (χ1) is 10.0. The lowest BCUT2D eigenvalue weighted by Gasteiger charge is -2.09. The van der Waals surface area contributed by atoms with E-state index in [4.69, 9.17) is 0 Å². The van der Waals surface area contributed by atoms with Crippen LogP contribution >= 0.6 is 0 Å². The van der Waals surface area contributed by atoms with Gasteiger partial charge >= 0.3 is 6.03 Å². The van der Waals surface area contributed by atoms with Gasteiger partial charge in [-0.25, -0.2) is 13.6 Å². The van der Waals surface area contributed by atoms with Crippen molar-refractivity contribution in [2.24, 2.45) is 0 Å². The summed E-state index contributed by atoms with van der Waals surface area (Å²) in [6.07, 6.45) is 0. The van der Waals surface area contributed by atoms with Gasteiger partial charge in [-0.3, -0.25) is 0 Å². The Bertz CT molecular complexity index is 647. The van der Waals surface area contributed by atoms with Gasteiger partial charge in [0.1, 0.15) is 17.4 Å². The highest BCUT2D eigenvalue weighted by Crippen LogP contribution is 2.11. The number of benzene rings is 2. The quantitative estimate of drug-likeness (QED) is 0.811. The van der Waals surface area contributed by atoms with Crippen molar-refractivity contribution in [1.82, 2.24) is 10.6 Å². The second-order valence-electron chi connectivity index (χ2n) is 4.44. The molecule has 21 heavy (non-hydrogen) atoms. The molecule has 3 N–H and O–H groups in total. The summed E-state index contributed by atoms with van der Waals surface area (Å²) in [7, 11) is 0. The molecular formula is C15H14F2N2O2. The number of amides is 2. The molecule has 4 nitrogen and oxygen atoms in total. The predicted octanol–water partition coefficient (Wildman–Crippen LogP) is 2.67. The molecule has 0 aliphatic rings. The fourth-order valence-electron chi connectivity index (χ4n) is 1.77. The first-order valence-electron chi connectivity index (χ1n) is 6.28. The molecule has 110 valence electrons. The van der Waals surface area contributed by atoms with E-state index >= 15 is 0 Å². The number of aromatic hydroxyl groups is 1. The molecule has 2 amide bonds. The van der Waals surface area contributed by atoms with Gasteiger partial charge < -0.3 is 15.7 Å². The fourth-order valence-corrected chi connectivity index (χ4v) is 1.77. The maximum atomic E-state index is 13.3. The zero-order chi connectivity index (χ0) is 15.2. The van der Waals surface area contributed by atoms with E-state index in [1.54, 1.807) is 12.1 Å². The highest BCUT2D eigenvalue weighted by atomic mass is 19.1. The molecule has 0 unspecified atom stereocenters. The third kappa shape index (κ3) is 4.45. The Hall–Kier alpha value is -2.63. The number of hydrogen-bond acceptors (Lipinski definition) is 2. The topological polar surface area (TPSA) is 61.4 Å². The minimum Gasteiger partial charge on any atom is -0.508 e. The van der Waals surface area contributed by atoms with E-state index in [0.29, 0.717) is 0 Å². The first kappa shape index (κ1) is 14.8. The Balaban J connectivity index is 1.83. The Morgan fingerprint density at radius 2 is 1.81 bits per heavy atom. The molecular weight excluding hydrogens is 278 g/mol. The van der Waals surface area contributed by atoms with Crippen molar-refractivity contribution in [3.8, 4) is 5.75 Å². The zero-order valence-corrected chi connectivity index (χ0v) is 11.1. The van der Waals surface area contributed by atoms with Gasteiger partial charge in [-0.2, -0.15) is 0 Å². The molecule has 0 fully saturated rings. The number of carbonyl (C=O) groups is 1. The lowest BCUT2D eigenvalue weighted by atomic mass is 10.2. The third-order valence-corrected chi connectivity index (χ3v) is 2.81. The van der Waals surface area contributed by atoms with Crippen molar-refractivity contribution in [2.75, 3.05) is 0 Å². The molecule has 0 atom stereocenters. The molecule has 2 aromatic rings. The number of phenolic OH excluding ortho intramolecular Hbond substituents is 1. The second-order valence-corrected chi connectivity index (χ2v) is 4.44. The number of carbonyl (C=O) groups excluding carboxylic acids is 1. The van der Waals surface area contributed by atoms with Crippen molar-refractivity contribution >= 4 is 6.03 Å². The number of urea groups is 1. The van der Waals surface area contributed by atoms with Gasteiger partial charge in [0, 0.05) is 18.7 Å². The zero-order valence-electron chi connectivity index (χ0n) is 11.1. The van der Waals surface area contributed by atoms with Crippen molar-refractivity contribution in [3.05, 3.63) is 65.2 Å². The van der Waals surface area contributed by atoms with Gasteiger partial charge in [0.15, 0.2) is 0 Å². The number of hydrogen-bond donors (Lipinski definition) is 3. The van der Waals surface area contributed by atoms with E-state index in [1.165, 1.54) is 12.1 Å². The van der Waals surface area contributed by atoms with Crippen LogP contribution in [0.15, 0.2) is 42.5 Å². The normalized spacial score (nSPS) is 10.2. The molecule has 0 aliphatic heterocycles. The molecule has 0 bridgehead atoms. The van der Waals surface area contributed by atoms with Gasteiger partial charge in [-0.1, -0.05) is 12.1 Å². The molecule has 0 spiro atoms. The summed E-state index contributed by atoms with van der Waals surface area (Å²) in [5, 5.41) is 14.3. The predicted molar refractivity (Wildman–Crippen MR) is 73.5 cm³/mol. The Labute approximate surface area is 120 Å². The number of rotatable bonds is 4. The van der Waals surface area contributed by atoms with Gasteiger partial charge in [-0.15, -0.1) is 0 Å². The van der Waals surface area contributed by atoms with Crippen molar-refractivity contribution in [3.63, 3.8) is 0 Å². The molecule has 0 heterocycles. The van der Waals surface area contributed by atoms with Crippen LogP contribution in [0.4, 0.5) is 13.6 Å². The van der Waals surface area contributed by atoms with Gasteiger partial charge in [0.2, 0.25) is 0 Å². The lowest BCUT2D eigenvalue weighted by Crippen LogP contribution is -2.34. The minimum absolute atomic E-state index is 0.0718. The Morgan fingerprint density at radius 3 is 2.57 bits per heavy atom. The van der Waals surface area contributed by atoms with E-state index in [9.17, 15) is 18.7 Å². The van der Waals surface area contributed by atoms with Crippen LogP contribution in [-0.2, 0) is 13.1 Å². The number of phenols is 1. The van der Waals surface area contributed by atoms with E-state index in [2.05, 4.69) is 10.6 Å². The largest absolute Gasteiger partial charge is 0.508 e. The van der Waals surface area contributed by atoms with Crippen molar-refractivity contribution in [1.29, 1.82) is 0 Å². The average molecular weight is 292 g/mol. The molecule has 0 aromatic heterocycles. The smallest absolute Gasteiger partial charge is 0.315 e. The van der Waals surface area contributed by atoms with Crippen LogP contribution in [-0.4, -0.2) is 11.1 Å². The maximum absolute atomic E-state index is 13.3. The van der Waals surface area contributed by atoms with E-state index in [0.717, 1.165) is 23.8 Å². The maximum Gasteiger partial charge on any atom is 0.315 e. The highest BCUT2D eigenvalue weighted by molar-refractivity contribution is 5.73. The summed E-state index contributed by atoms with van der Waals surface area (Å²) in [4.78, 5) is 11.6. The van der Waals surface area contributed by atoms with E-state index in [-0.39, 0.29) is 24.4 Å². The van der Waals surface area contributed by atoms with Crippen LogP contribution in [0.1, 0.15) is 11.1 Å². The Morgan fingerprint density at radius 1 is 1.05 bits per heavy atom. The third-order valence-electron chi connectivity index (χ3n) is 2.81. The van der Waals surface area contributed by atoms with E-state index in [1.807, 2.05) is 0 Å². The highest BCUT2D eigenvalue weighted by Gasteiger charge is 2.06. The average Bonchev–Trinajstić information content (AvgIpc) is 2.46. The van der Waals surface area contributed by atoms with Gasteiger partial charge in [0.05, 0.1) is 0 Å². The van der Waals surface area contributed by atoms with Crippen LogP contribution in [0.25, 0.3) is 0 Å². The summed E-state index contributed by atoms with van der Waals surface area (Å²) >= 11 is 0. The summed E-state index contributed by atoms with van der Waals surface area (Å²) in [5.74, 6) is -1.03. The van der Waals surface area contributed by atoms with E-state index < -0.39 is 17.7 Å². The molecule has 0 saturated heterocycles. The summed E-state index contributed by atoms with van der Waals surface area (Å²) in [6, 6.07) is 8.99. The summed E-state index contributed by atoms with van der Waals surface area (Å²) < 4.78 is 26.3. The van der Waals surface area contributed by atoms with Gasteiger partial charge in [0.25, 0.3) is 0 Å². The van der Waals surface area contributed by atoms with Gasteiger partial charge in [-0.05, 0) is 35.9 Å².